The number of anilines is 1. The molecule has 1 saturated heterocycles. The highest BCUT2D eigenvalue weighted by Gasteiger charge is 2.36. The molecule has 2 heterocycles. The molecule has 26 heavy (non-hydrogen) atoms. The van der Waals surface area contributed by atoms with Crippen LogP contribution >= 0.6 is 11.6 Å². The average molecular weight is 396 g/mol. The second kappa shape index (κ2) is 8.09. The van der Waals surface area contributed by atoms with Crippen molar-refractivity contribution >= 4 is 29.4 Å². The van der Waals surface area contributed by atoms with Crippen LogP contribution in [0.3, 0.4) is 0 Å². The Balaban J connectivity index is 1.98. The fourth-order valence-electron chi connectivity index (χ4n) is 2.79. The monoisotopic (exact) mass is 395 g/mol. The minimum absolute atomic E-state index is 0.00585. The van der Waals surface area contributed by atoms with Gasteiger partial charge in [0, 0.05) is 7.05 Å². The quantitative estimate of drug-likeness (QED) is 0.658. The summed E-state index contributed by atoms with van der Waals surface area (Å²) in [6, 6.07) is -0.0981. The normalized spacial score (nSPS) is 16.9. The van der Waals surface area contributed by atoms with Gasteiger partial charge in [-0.25, -0.2) is 14.7 Å². The highest BCUT2D eigenvalue weighted by atomic mass is 35.5. The van der Waals surface area contributed by atoms with E-state index < -0.39 is 23.8 Å². The first-order chi connectivity index (χ1) is 12.1. The van der Waals surface area contributed by atoms with Gasteiger partial charge in [0.25, 0.3) is 11.7 Å². The number of nitrogens with one attached hydrogen (secondary N) is 4. The van der Waals surface area contributed by atoms with Gasteiger partial charge in [-0.15, -0.1) is 0 Å². The predicted octanol–water partition coefficient (Wildman–Crippen LogP) is -0.278. The van der Waals surface area contributed by atoms with Crippen molar-refractivity contribution in [2.45, 2.75) is 19.1 Å². The van der Waals surface area contributed by atoms with Crippen LogP contribution in [0.4, 0.5) is 23.8 Å². The van der Waals surface area contributed by atoms with Gasteiger partial charge in [-0.1, -0.05) is 11.6 Å². The molecule has 0 radical (unpaired) electrons. The molecule has 144 valence electrons. The number of hydrogen-bond donors (Lipinski definition) is 3. The number of nitrogens with zero attached hydrogens (tertiary/aromatic N) is 1. The standard InChI is InChI=1S/C15H19ClF3N5O2/c1-9(13(25)22-14(26)20-2)23-3-5-24(6-4-23)12-11(16)7-10(8-21-12)15(17,18)19/h7-9H,3-6H2,1-2H3,(H2,20,22,25,26)/p+2/t9-/m1/s1. The lowest BCUT2D eigenvalue weighted by Gasteiger charge is -2.31. The highest BCUT2D eigenvalue weighted by Crippen LogP contribution is 2.31. The third kappa shape index (κ3) is 4.76. The van der Waals surface area contributed by atoms with Gasteiger partial charge in [-0.3, -0.25) is 10.1 Å². The van der Waals surface area contributed by atoms with Crippen LogP contribution in [0.1, 0.15) is 12.5 Å². The smallest absolute Gasteiger partial charge is 0.341 e. The lowest BCUT2D eigenvalue weighted by molar-refractivity contribution is -0.914. The average Bonchev–Trinajstić information content (AvgIpc) is 2.60. The number of alkyl halides is 3. The van der Waals surface area contributed by atoms with Crippen molar-refractivity contribution in [3.05, 3.63) is 22.8 Å². The van der Waals surface area contributed by atoms with Crippen molar-refractivity contribution in [1.29, 1.82) is 0 Å². The molecule has 1 aliphatic heterocycles. The molecule has 1 aliphatic rings. The summed E-state index contributed by atoms with van der Waals surface area (Å²) in [5.74, 6) is 0.0353. The molecule has 1 aromatic heterocycles. The first kappa shape index (κ1) is 20.2. The Hall–Kier alpha value is -2.07. The number of pyridine rings is 1. The Morgan fingerprint density at radius 2 is 1.96 bits per heavy atom. The van der Waals surface area contributed by atoms with E-state index in [0.29, 0.717) is 32.0 Å². The van der Waals surface area contributed by atoms with Crippen LogP contribution in [-0.2, 0) is 11.0 Å². The van der Waals surface area contributed by atoms with Crippen LogP contribution in [0, 0.1) is 0 Å². The number of imide groups is 1. The van der Waals surface area contributed by atoms with E-state index in [4.69, 9.17) is 11.6 Å². The molecule has 1 fully saturated rings. The summed E-state index contributed by atoms with van der Waals surface area (Å²) in [6.07, 6.45) is -3.57. The number of hydrogen-bond acceptors (Lipinski definition) is 3. The minimum Gasteiger partial charge on any atom is -0.341 e. The van der Waals surface area contributed by atoms with Gasteiger partial charge < -0.3 is 10.2 Å². The number of urea groups is 1. The lowest BCUT2D eigenvalue weighted by atomic mass is 10.2. The molecule has 0 spiro atoms. The van der Waals surface area contributed by atoms with Gasteiger partial charge in [0.15, 0.2) is 6.04 Å². The van der Waals surface area contributed by atoms with E-state index in [1.807, 2.05) is 4.90 Å². The van der Waals surface area contributed by atoms with Gasteiger partial charge in [0.05, 0.1) is 5.56 Å². The van der Waals surface area contributed by atoms with E-state index in [0.717, 1.165) is 17.2 Å². The number of carbonyl (C=O) groups is 2. The number of carbonyl (C=O) groups excluding carboxylic acids is 2. The Morgan fingerprint density at radius 1 is 1.35 bits per heavy atom. The molecule has 4 N–H and O–H groups in total. The Labute approximate surface area is 153 Å². The van der Waals surface area contributed by atoms with E-state index in [-0.39, 0.29) is 10.9 Å². The van der Waals surface area contributed by atoms with Crippen molar-refractivity contribution in [1.82, 2.24) is 10.6 Å². The molecular formula is C15H21ClF3N5O2+2. The molecule has 3 amide bonds. The van der Waals surface area contributed by atoms with Gasteiger partial charge in [-0.2, -0.15) is 13.2 Å². The van der Waals surface area contributed by atoms with Crippen LogP contribution in [0.25, 0.3) is 0 Å². The number of quaternary nitrogens is 1. The summed E-state index contributed by atoms with van der Waals surface area (Å²) < 4.78 is 38.1. The molecular weight excluding hydrogens is 375 g/mol. The summed E-state index contributed by atoms with van der Waals surface area (Å²) in [5, 5.41) is 4.55. The second-order valence-electron chi connectivity index (χ2n) is 6.02. The molecule has 0 saturated carbocycles. The predicted molar refractivity (Wildman–Crippen MR) is 88.0 cm³/mol. The van der Waals surface area contributed by atoms with Crippen molar-refractivity contribution < 1.29 is 32.6 Å². The number of piperazine rings is 1. The molecule has 0 aromatic carbocycles. The van der Waals surface area contributed by atoms with E-state index >= 15 is 0 Å². The van der Waals surface area contributed by atoms with Gasteiger partial charge in [0.1, 0.15) is 37.4 Å². The highest BCUT2D eigenvalue weighted by molar-refractivity contribution is 6.32. The molecule has 2 rings (SSSR count). The summed E-state index contributed by atoms with van der Waals surface area (Å²) in [4.78, 5) is 28.7. The topological polar surface area (TPSA) is 80.0 Å². The zero-order chi connectivity index (χ0) is 19.5. The molecule has 1 aromatic rings. The number of H-pyrrole nitrogens is 1. The summed E-state index contributed by atoms with van der Waals surface area (Å²) in [7, 11) is 1.42. The van der Waals surface area contributed by atoms with Gasteiger partial charge in [-0.05, 0) is 13.0 Å². The summed E-state index contributed by atoms with van der Waals surface area (Å²) in [6.45, 7) is 3.89. The SMILES string of the molecule is CNC(=O)NC(=O)[C@@H](C)[NH+]1CCN(c2[nH+]cc(C(F)(F)F)cc2Cl)CC1. The van der Waals surface area contributed by atoms with E-state index in [9.17, 15) is 22.8 Å². The summed E-state index contributed by atoms with van der Waals surface area (Å²) in [5.41, 5.74) is -0.838. The number of aromatic nitrogens is 1. The minimum atomic E-state index is -4.46. The van der Waals surface area contributed by atoms with Crippen LogP contribution in [0.5, 0.6) is 0 Å². The van der Waals surface area contributed by atoms with Crippen molar-refractivity contribution in [2.24, 2.45) is 0 Å². The first-order valence-corrected chi connectivity index (χ1v) is 8.41. The Bertz CT molecular complexity index is 678. The third-order valence-electron chi connectivity index (χ3n) is 4.39. The van der Waals surface area contributed by atoms with Crippen molar-refractivity contribution in [3.63, 3.8) is 0 Å². The van der Waals surface area contributed by atoms with E-state index in [2.05, 4.69) is 15.6 Å². The summed E-state index contributed by atoms with van der Waals surface area (Å²) >= 11 is 6.00. The molecule has 0 unspecified atom stereocenters. The van der Waals surface area contributed by atoms with Crippen LogP contribution in [0.15, 0.2) is 12.3 Å². The maximum atomic E-state index is 12.7. The van der Waals surface area contributed by atoms with Crippen LogP contribution < -0.4 is 25.4 Å². The number of aromatic amines is 1. The zero-order valence-electron chi connectivity index (χ0n) is 14.3. The van der Waals surface area contributed by atoms with Crippen LogP contribution in [-0.4, -0.2) is 51.2 Å². The number of rotatable bonds is 3. The molecule has 7 nitrogen and oxygen atoms in total. The molecule has 11 heteroatoms. The third-order valence-corrected chi connectivity index (χ3v) is 4.68. The van der Waals surface area contributed by atoms with Crippen LogP contribution in [0.2, 0.25) is 5.02 Å². The van der Waals surface area contributed by atoms with Gasteiger partial charge in [0.2, 0.25) is 0 Å². The van der Waals surface area contributed by atoms with Crippen molar-refractivity contribution in [3.8, 4) is 0 Å². The maximum Gasteiger partial charge on any atom is 0.419 e. The molecule has 1 atom stereocenters. The zero-order valence-corrected chi connectivity index (χ0v) is 15.1. The largest absolute Gasteiger partial charge is 0.419 e. The maximum absolute atomic E-state index is 12.7. The second-order valence-corrected chi connectivity index (χ2v) is 6.43. The van der Waals surface area contributed by atoms with Gasteiger partial charge >= 0.3 is 12.2 Å². The van der Waals surface area contributed by atoms with Crippen molar-refractivity contribution in [2.75, 3.05) is 38.1 Å². The Kier molecular flexibility index (Phi) is 6.30. The number of amides is 3. The van der Waals surface area contributed by atoms with E-state index in [1.165, 1.54) is 7.05 Å². The van der Waals surface area contributed by atoms with E-state index in [1.54, 1.807) is 6.92 Å². The lowest BCUT2D eigenvalue weighted by Crippen LogP contribution is -3.19. The Morgan fingerprint density at radius 3 is 2.46 bits per heavy atom. The number of halogens is 4. The fourth-order valence-corrected chi connectivity index (χ4v) is 3.08. The molecule has 0 aliphatic carbocycles. The fraction of sp³-hybridized carbons (Fsp3) is 0.533. The molecule has 0 bridgehead atoms. The first-order valence-electron chi connectivity index (χ1n) is 8.04.